The van der Waals surface area contributed by atoms with Crippen molar-refractivity contribution in [2.75, 3.05) is 6.54 Å². The quantitative estimate of drug-likeness (QED) is 0.724. The third-order valence-electron chi connectivity index (χ3n) is 4.35. The van der Waals surface area contributed by atoms with Crippen LogP contribution in [0.2, 0.25) is 0 Å². The third-order valence-corrected chi connectivity index (χ3v) is 4.35. The summed E-state index contributed by atoms with van der Waals surface area (Å²) in [6.45, 7) is 2.28. The van der Waals surface area contributed by atoms with Crippen molar-refractivity contribution >= 4 is 11.9 Å². The first-order chi connectivity index (χ1) is 12.1. The van der Waals surface area contributed by atoms with Gasteiger partial charge in [-0.25, -0.2) is 4.79 Å². The summed E-state index contributed by atoms with van der Waals surface area (Å²) in [5.74, 6) is 0.957. The van der Waals surface area contributed by atoms with Crippen LogP contribution in [0.3, 0.4) is 0 Å². The SMILES string of the molecule is Cc1ccccc1[C@H](NC(=O)CNC(=O)NCc1ccco1)C1CC1. The van der Waals surface area contributed by atoms with Gasteiger partial charge >= 0.3 is 6.03 Å². The minimum absolute atomic E-state index is 0.0154. The fourth-order valence-corrected chi connectivity index (χ4v) is 2.84. The molecule has 1 aromatic heterocycles. The Morgan fingerprint density at radius 2 is 1.96 bits per heavy atom. The van der Waals surface area contributed by atoms with Crippen LogP contribution in [0.1, 0.15) is 35.8 Å². The highest BCUT2D eigenvalue weighted by atomic mass is 16.3. The van der Waals surface area contributed by atoms with Crippen molar-refractivity contribution in [3.8, 4) is 0 Å². The number of amides is 3. The van der Waals surface area contributed by atoms with Gasteiger partial charge in [-0.05, 0) is 48.9 Å². The van der Waals surface area contributed by atoms with Crippen molar-refractivity contribution in [2.45, 2.75) is 32.4 Å². The Balaban J connectivity index is 1.47. The number of benzene rings is 1. The first-order valence-electron chi connectivity index (χ1n) is 8.52. The zero-order chi connectivity index (χ0) is 17.6. The predicted molar refractivity (Wildman–Crippen MR) is 93.7 cm³/mol. The molecule has 1 heterocycles. The smallest absolute Gasteiger partial charge is 0.315 e. The number of nitrogens with one attached hydrogen (secondary N) is 3. The summed E-state index contributed by atoms with van der Waals surface area (Å²) in [5, 5.41) is 8.28. The molecule has 6 nitrogen and oxygen atoms in total. The Hall–Kier alpha value is -2.76. The number of furan rings is 1. The van der Waals surface area contributed by atoms with Gasteiger partial charge in [0.05, 0.1) is 25.4 Å². The van der Waals surface area contributed by atoms with E-state index in [1.54, 1.807) is 18.4 Å². The Morgan fingerprint density at radius 1 is 1.16 bits per heavy atom. The number of urea groups is 1. The lowest BCUT2D eigenvalue weighted by molar-refractivity contribution is -0.121. The fraction of sp³-hybridized carbons (Fsp3) is 0.368. The molecule has 0 radical (unpaired) electrons. The van der Waals surface area contributed by atoms with Gasteiger partial charge in [0.25, 0.3) is 0 Å². The van der Waals surface area contributed by atoms with E-state index in [-0.39, 0.29) is 25.0 Å². The molecule has 1 aromatic carbocycles. The first-order valence-corrected chi connectivity index (χ1v) is 8.52. The van der Waals surface area contributed by atoms with Gasteiger partial charge in [-0.3, -0.25) is 4.79 Å². The zero-order valence-corrected chi connectivity index (χ0v) is 14.2. The highest BCUT2D eigenvalue weighted by Gasteiger charge is 2.34. The average Bonchev–Trinajstić information content (AvgIpc) is 3.32. The van der Waals surface area contributed by atoms with Crippen LogP contribution in [0.5, 0.6) is 0 Å². The highest BCUT2D eigenvalue weighted by molar-refractivity contribution is 5.84. The number of rotatable bonds is 7. The summed E-state index contributed by atoms with van der Waals surface area (Å²) < 4.78 is 5.13. The monoisotopic (exact) mass is 341 g/mol. The van der Waals surface area contributed by atoms with Gasteiger partial charge in [0.1, 0.15) is 5.76 Å². The normalized spacial score (nSPS) is 14.6. The molecule has 0 spiro atoms. The van der Waals surface area contributed by atoms with Crippen molar-refractivity contribution in [3.63, 3.8) is 0 Å². The van der Waals surface area contributed by atoms with Crippen molar-refractivity contribution < 1.29 is 14.0 Å². The fourth-order valence-electron chi connectivity index (χ4n) is 2.84. The van der Waals surface area contributed by atoms with Gasteiger partial charge in [0.2, 0.25) is 5.91 Å². The molecule has 1 saturated carbocycles. The molecule has 3 N–H and O–H groups in total. The minimum atomic E-state index is -0.398. The van der Waals surface area contributed by atoms with E-state index >= 15 is 0 Å². The molecule has 2 aromatic rings. The number of carbonyl (C=O) groups is 2. The van der Waals surface area contributed by atoms with E-state index < -0.39 is 6.03 Å². The molecule has 25 heavy (non-hydrogen) atoms. The molecule has 6 heteroatoms. The van der Waals surface area contributed by atoms with E-state index in [0.717, 1.165) is 18.4 Å². The number of aryl methyl sites for hydroxylation is 1. The van der Waals surface area contributed by atoms with Gasteiger partial charge in [-0.1, -0.05) is 24.3 Å². The summed E-state index contributed by atoms with van der Waals surface area (Å²) >= 11 is 0. The van der Waals surface area contributed by atoms with Crippen molar-refractivity contribution in [1.82, 2.24) is 16.0 Å². The summed E-state index contributed by atoms with van der Waals surface area (Å²) in [5.41, 5.74) is 2.32. The molecule has 3 rings (SSSR count). The maximum absolute atomic E-state index is 12.2. The lowest BCUT2D eigenvalue weighted by Crippen LogP contribution is -2.43. The van der Waals surface area contributed by atoms with E-state index in [0.29, 0.717) is 11.7 Å². The van der Waals surface area contributed by atoms with Crippen LogP contribution in [-0.4, -0.2) is 18.5 Å². The number of carbonyl (C=O) groups excluding carboxylic acids is 2. The number of hydrogen-bond acceptors (Lipinski definition) is 3. The predicted octanol–water partition coefficient (Wildman–Crippen LogP) is 2.65. The second-order valence-electron chi connectivity index (χ2n) is 6.35. The summed E-state index contributed by atoms with van der Waals surface area (Å²) in [7, 11) is 0. The topological polar surface area (TPSA) is 83.4 Å². The van der Waals surface area contributed by atoms with Crippen molar-refractivity contribution in [2.24, 2.45) is 5.92 Å². The van der Waals surface area contributed by atoms with E-state index in [1.807, 2.05) is 12.1 Å². The molecular weight excluding hydrogens is 318 g/mol. The van der Waals surface area contributed by atoms with E-state index in [2.05, 4.69) is 35.0 Å². The highest BCUT2D eigenvalue weighted by Crippen LogP contribution is 2.41. The van der Waals surface area contributed by atoms with Gasteiger partial charge in [-0.2, -0.15) is 0 Å². The van der Waals surface area contributed by atoms with E-state index in [4.69, 9.17) is 4.42 Å². The second-order valence-corrected chi connectivity index (χ2v) is 6.35. The van der Waals surface area contributed by atoms with E-state index in [1.165, 1.54) is 5.56 Å². The third kappa shape index (κ3) is 4.86. The Kier molecular flexibility index (Phi) is 5.38. The Labute approximate surface area is 147 Å². The van der Waals surface area contributed by atoms with Crippen LogP contribution in [0, 0.1) is 12.8 Å². The standard InChI is InChI=1S/C19H23N3O3/c1-13-5-2-3-7-16(13)18(14-8-9-14)22-17(23)12-21-19(24)20-11-15-6-4-10-25-15/h2-7,10,14,18H,8-9,11-12H2,1H3,(H,22,23)(H2,20,21,24)/t18-/m1/s1. The Morgan fingerprint density at radius 3 is 2.64 bits per heavy atom. The zero-order valence-electron chi connectivity index (χ0n) is 14.2. The first kappa shape index (κ1) is 17.1. The summed E-state index contributed by atoms with van der Waals surface area (Å²) in [6, 6.07) is 11.2. The lowest BCUT2D eigenvalue weighted by atomic mass is 9.97. The largest absolute Gasteiger partial charge is 0.467 e. The van der Waals surface area contributed by atoms with Gasteiger partial charge < -0.3 is 20.4 Å². The van der Waals surface area contributed by atoms with Crippen molar-refractivity contribution in [1.29, 1.82) is 0 Å². The van der Waals surface area contributed by atoms with Gasteiger partial charge in [0.15, 0.2) is 0 Å². The molecule has 3 amide bonds. The molecule has 0 saturated heterocycles. The molecule has 132 valence electrons. The minimum Gasteiger partial charge on any atom is -0.467 e. The van der Waals surface area contributed by atoms with E-state index in [9.17, 15) is 9.59 Å². The van der Waals surface area contributed by atoms with Crippen LogP contribution in [-0.2, 0) is 11.3 Å². The molecule has 1 atom stereocenters. The molecule has 1 fully saturated rings. The summed E-state index contributed by atoms with van der Waals surface area (Å²) in [4.78, 5) is 24.0. The molecule has 0 unspecified atom stereocenters. The van der Waals surface area contributed by atoms with Crippen LogP contribution in [0.4, 0.5) is 4.79 Å². The van der Waals surface area contributed by atoms with Crippen LogP contribution in [0.15, 0.2) is 47.1 Å². The van der Waals surface area contributed by atoms with Gasteiger partial charge in [-0.15, -0.1) is 0 Å². The van der Waals surface area contributed by atoms with Crippen LogP contribution < -0.4 is 16.0 Å². The lowest BCUT2D eigenvalue weighted by Gasteiger charge is -2.21. The maximum atomic E-state index is 12.2. The molecule has 0 aliphatic heterocycles. The molecular formula is C19H23N3O3. The van der Waals surface area contributed by atoms with Gasteiger partial charge in [0, 0.05) is 0 Å². The molecule has 1 aliphatic rings. The molecule has 1 aliphatic carbocycles. The van der Waals surface area contributed by atoms with Crippen molar-refractivity contribution in [3.05, 3.63) is 59.5 Å². The molecule has 0 bridgehead atoms. The Bertz CT molecular complexity index is 723. The van der Waals surface area contributed by atoms with Crippen LogP contribution >= 0.6 is 0 Å². The maximum Gasteiger partial charge on any atom is 0.315 e. The second kappa shape index (κ2) is 7.88. The summed E-state index contributed by atoms with van der Waals surface area (Å²) in [6.07, 6.45) is 3.79. The average molecular weight is 341 g/mol. The van der Waals surface area contributed by atoms with Crippen LogP contribution in [0.25, 0.3) is 0 Å². The number of hydrogen-bond donors (Lipinski definition) is 3.